The van der Waals surface area contributed by atoms with Crippen LogP contribution in [0.2, 0.25) is 5.02 Å². The van der Waals surface area contributed by atoms with E-state index in [0.29, 0.717) is 27.3 Å². The van der Waals surface area contributed by atoms with Gasteiger partial charge in [-0.25, -0.2) is 9.97 Å². The molecule has 0 radical (unpaired) electrons. The molecule has 1 unspecified atom stereocenters. The Hall–Kier alpha value is -1.77. The quantitative estimate of drug-likeness (QED) is 0.640. The van der Waals surface area contributed by atoms with E-state index in [2.05, 4.69) is 35.2 Å². The summed E-state index contributed by atoms with van der Waals surface area (Å²) in [7, 11) is 0. The van der Waals surface area contributed by atoms with E-state index in [1.165, 1.54) is 11.8 Å². The number of thioether (sulfide) groups is 1. The number of nitriles is 1. The van der Waals surface area contributed by atoms with Gasteiger partial charge in [-0.05, 0) is 31.7 Å². The Kier molecular flexibility index (Phi) is 5.64. The molecule has 0 aliphatic rings. The van der Waals surface area contributed by atoms with Gasteiger partial charge in [-0.2, -0.15) is 5.26 Å². The maximum Gasteiger partial charge on any atom is 0.189 e. The summed E-state index contributed by atoms with van der Waals surface area (Å²) in [6, 6.07) is 9.77. The van der Waals surface area contributed by atoms with Crippen LogP contribution in [-0.4, -0.2) is 22.3 Å². The minimum Gasteiger partial charge on any atom is -0.366 e. The summed E-state index contributed by atoms with van der Waals surface area (Å²) in [5.74, 6) is 0.584. The van der Waals surface area contributed by atoms with Crippen LogP contribution in [0.3, 0.4) is 0 Å². The number of nitrogens with zero attached hydrogens (tertiary/aromatic N) is 3. The van der Waals surface area contributed by atoms with Crippen LogP contribution >= 0.6 is 23.4 Å². The van der Waals surface area contributed by atoms with Gasteiger partial charge >= 0.3 is 0 Å². The number of benzene rings is 1. The van der Waals surface area contributed by atoms with Crippen molar-refractivity contribution in [2.45, 2.75) is 31.5 Å². The number of aromatic nitrogens is 2. The van der Waals surface area contributed by atoms with Crippen molar-refractivity contribution in [3.8, 4) is 17.3 Å². The molecule has 2 aromatic rings. The highest BCUT2D eigenvalue weighted by atomic mass is 35.5. The van der Waals surface area contributed by atoms with Gasteiger partial charge in [0, 0.05) is 16.6 Å². The Morgan fingerprint density at radius 3 is 2.55 bits per heavy atom. The zero-order valence-electron chi connectivity index (χ0n) is 12.7. The Labute approximate surface area is 139 Å². The third kappa shape index (κ3) is 3.70. The van der Waals surface area contributed by atoms with Crippen LogP contribution in [0.4, 0.5) is 5.82 Å². The van der Waals surface area contributed by atoms with Gasteiger partial charge in [-0.1, -0.05) is 42.4 Å². The SMILES string of the molecule is CCC(C)Nc1nc(SC)nc(-c2ccc(Cl)cc2)c1C#N. The molecule has 1 N–H and O–H groups in total. The molecule has 1 heterocycles. The van der Waals surface area contributed by atoms with E-state index >= 15 is 0 Å². The molecule has 0 bridgehead atoms. The largest absolute Gasteiger partial charge is 0.366 e. The lowest BCUT2D eigenvalue weighted by atomic mass is 10.1. The fourth-order valence-electron chi connectivity index (χ4n) is 1.89. The van der Waals surface area contributed by atoms with Crippen LogP contribution < -0.4 is 5.32 Å². The highest BCUT2D eigenvalue weighted by Crippen LogP contribution is 2.29. The minimum absolute atomic E-state index is 0.231. The predicted molar refractivity (Wildman–Crippen MR) is 92.3 cm³/mol. The van der Waals surface area contributed by atoms with E-state index in [4.69, 9.17) is 11.6 Å². The van der Waals surface area contributed by atoms with Gasteiger partial charge in [0.25, 0.3) is 0 Å². The van der Waals surface area contributed by atoms with E-state index in [1.807, 2.05) is 18.4 Å². The van der Waals surface area contributed by atoms with E-state index in [1.54, 1.807) is 12.1 Å². The molecule has 0 aliphatic carbocycles. The molecule has 0 fully saturated rings. The summed E-state index contributed by atoms with van der Waals surface area (Å²) in [5, 5.41) is 14.1. The fraction of sp³-hybridized carbons (Fsp3) is 0.312. The number of nitrogens with one attached hydrogen (secondary N) is 1. The molecule has 1 aromatic carbocycles. The second-order valence-corrected chi connectivity index (χ2v) is 6.06. The van der Waals surface area contributed by atoms with E-state index in [-0.39, 0.29) is 6.04 Å². The Bertz CT molecular complexity index is 695. The van der Waals surface area contributed by atoms with Gasteiger partial charge < -0.3 is 5.32 Å². The zero-order valence-corrected chi connectivity index (χ0v) is 14.3. The third-order valence-corrected chi connectivity index (χ3v) is 4.10. The molecular weight excluding hydrogens is 316 g/mol. The Morgan fingerprint density at radius 1 is 1.32 bits per heavy atom. The molecule has 0 spiro atoms. The van der Waals surface area contributed by atoms with Gasteiger partial charge in [-0.3, -0.25) is 0 Å². The molecule has 2 rings (SSSR count). The summed E-state index contributed by atoms with van der Waals surface area (Å²) in [5.41, 5.74) is 1.94. The normalized spacial score (nSPS) is 11.8. The van der Waals surface area contributed by atoms with Crippen molar-refractivity contribution >= 4 is 29.2 Å². The average Bonchev–Trinajstić information content (AvgIpc) is 2.54. The number of hydrogen-bond donors (Lipinski definition) is 1. The van der Waals surface area contributed by atoms with Gasteiger partial charge in [0.05, 0.1) is 5.69 Å². The van der Waals surface area contributed by atoms with Crippen LogP contribution in [0.25, 0.3) is 11.3 Å². The first-order chi connectivity index (χ1) is 10.6. The lowest BCUT2D eigenvalue weighted by Crippen LogP contribution is -2.16. The molecule has 6 heteroatoms. The molecule has 0 aliphatic heterocycles. The average molecular weight is 333 g/mol. The molecule has 4 nitrogen and oxygen atoms in total. The van der Waals surface area contributed by atoms with E-state index in [0.717, 1.165) is 12.0 Å². The van der Waals surface area contributed by atoms with Crippen molar-refractivity contribution in [2.75, 3.05) is 11.6 Å². The second kappa shape index (κ2) is 7.48. The van der Waals surface area contributed by atoms with Crippen molar-refractivity contribution in [3.05, 3.63) is 34.9 Å². The summed E-state index contributed by atoms with van der Waals surface area (Å²) in [6.07, 6.45) is 2.86. The van der Waals surface area contributed by atoms with E-state index < -0.39 is 0 Å². The summed E-state index contributed by atoms with van der Waals surface area (Å²) in [4.78, 5) is 8.95. The molecular formula is C16H17ClN4S. The zero-order chi connectivity index (χ0) is 16.1. The molecule has 0 saturated heterocycles. The van der Waals surface area contributed by atoms with Crippen LogP contribution in [-0.2, 0) is 0 Å². The monoisotopic (exact) mass is 332 g/mol. The Balaban J connectivity index is 2.59. The molecule has 114 valence electrons. The summed E-state index contributed by atoms with van der Waals surface area (Å²) < 4.78 is 0. The van der Waals surface area contributed by atoms with Crippen LogP contribution in [0.15, 0.2) is 29.4 Å². The van der Waals surface area contributed by atoms with Crippen LogP contribution in [0.1, 0.15) is 25.8 Å². The molecule has 1 atom stereocenters. The van der Waals surface area contributed by atoms with Crippen molar-refractivity contribution in [1.82, 2.24) is 9.97 Å². The van der Waals surface area contributed by atoms with Gasteiger partial charge in [0.2, 0.25) is 0 Å². The molecule has 1 aromatic heterocycles. The lowest BCUT2D eigenvalue weighted by Gasteiger charge is -2.16. The summed E-state index contributed by atoms with van der Waals surface area (Å²) in [6.45, 7) is 4.14. The molecule has 0 saturated carbocycles. The fourth-order valence-corrected chi connectivity index (χ4v) is 2.39. The van der Waals surface area contributed by atoms with Crippen LogP contribution in [0.5, 0.6) is 0 Å². The lowest BCUT2D eigenvalue weighted by molar-refractivity contribution is 0.753. The van der Waals surface area contributed by atoms with Gasteiger partial charge in [0.1, 0.15) is 17.5 Å². The smallest absolute Gasteiger partial charge is 0.189 e. The minimum atomic E-state index is 0.231. The topological polar surface area (TPSA) is 61.6 Å². The highest BCUT2D eigenvalue weighted by Gasteiger charge is 2.17. The van der Waals surface area contributed by atoms with Crippen molar-refractivity contribution in [2.24, 2.45) is 0 Å². The second-order valence-electron chi connectivity index (χ2n) is 4.85. The first-order valence-corrected chi connectivity index (χ1v) is 8.57. The van der Waals surface area contributed by atoms with E-state index in [9.17, 15) is 5.26 Å². The Morgan fingerprint density at radius 2 is 2.00 bits per heavy atom. The number of anilines is 1. The number of rotatable bonds is 5. The number of halogens is 1. The third-order valence-electron chi connectivity index (χ3n) is 3.30. The van der Waals surface area contributed by atoms with Gasteiger partial charge in [0.15, 0.2) is 5.16 Å². The number of hydrogen-bond acceptors (Lipinski definition) is 5. The molecule has 22 heavy (non-hydrogen) atoms. The van der Waals surface area contributed by atoms with Crippen LogP contribution in [0, 0.1) is 11.3 Å². The van der Waals surface area contributed by atoms with Gasteiger partial charge in [-0.15, -0.1) is 0 Å². The maximum absolute atomic E-state index is 9.56. The first-order valence-electron chi connectivity index (χ1n) is 6.97. The predicted octanol–water partition coefficient (Wildman–Crippen LogP) is 4.60. The first kappa shape index (κ1) is 16.6. The van der Waals surface area contributed by atoms with Crippen molar-refractivity contribution in [3.63, 3.8) is 0 Å². The molecule has 0 amide bonds. The standard InChI is InChI=1S/C16H17ClN4S/c1-4-10(2)19-15-13(9-18)14(20-16(21-15)22-3)11-5-7-12(17)8-6-11/h5-8,10H,4H2,1-3H3,(H,19,20,21). The van der Waals surface area contributed by atoms with Crippen molar-refractivity contribution in [1.29, 1.82) is 5.26 Å². The maximum atomic E-state index is 9.56. The summed E-state index contributed by atoms with van der Waals surface area (Å²) >= 11 is 7.39. The van der Waals surface area contributed by atoms with Crippen molar-refractivity contribution < 1.29 is 0 Å². The highest BCUT2D eigenvalue weighted by molar-refractivity contribution is 7.98.